The maximum atomic E-state index is 13.1. The molecule has 0 radical (unpaired) electrons. The van der Waals surface area contributed by atoms with Gasteiger partial charge in [-0.05, 0) is 30.5 Å². The summed E-state index contributed by atoms with van der Waals surface area (Å²) in [5.74, 6) is -0.415. The lowest BCUT2D eigenvalue weighted by Crippen LogP contribution is -2.20. The zero-order valence-electron chi connectivity index (χ0n) is 10.2. The van der Waals surface area contributed by atoms with Crippen LogP contribution in [0.25, 0.3) is 0 Å². The van der Waals surface area contributed by atoms with E-state index in [4.69, 9.17) is 0 Å². The summed E-state index contributed by atoms with van der Waals surface area (Å²) >= 11 is 0. The van der Waals surface area contributed by atoms with Crippen molar-refractivity contribution >= 4 is 11.6 Å². The summed E-state index contributed by atoms with van der Waals surface area (Å²) in [7, 11) is 0. The van der Waals surface area contributed by atoms with Crippen molar-refractivity contribution in [3.8, 4) is 0 Å². The van der Waals surface area contributed by atoms with Gasteiger partial charge in [-0.1, -0.05) is 0 Å². The Labute approximate surface area is 108 Å². The van der Waals surface area contributed by atoms with Gasteiger partial charge in [0.1, 0.15) is 0 Å². The molecule has 1 saturated heterocycles. The topological polar surface area (TPSA) is 32.3 Å². The second-order valence-electron chi connectivity index (χ2n) is 4.89. The predicted octanol–water partition coefficient (Wildman–Crippen LogP) is 2.55. The van der Waals surface area contributed by atoms with Crippen LogP contribution in [0.4, 0.5) is 18.9 Å². The highest BCUT2D eigenvalue weighted by Gasteiger charge is 2.38. The van der Waals surface area contributed by atoms with Crippen molar-refractivity contribution in [3.63, 3.8) is 0 Å². The van der Waals surface area contributed by atoms with Gasteiger partial charge < -0.3 is 10.2 Å². The zero-order chi connectivity index (χ0) is 13.6. The molecule has 0 saturated carbocycles. The number of alkyl halides is 3. The van der Waals surface area contributed by atoms with E-state index in [-0.39, 0.29) is 17.7 Å². The van der Waals surface area contributed by atoms with E-state index in [1.54, 1.807) is 6.07 Å². The maximum absolute atomic E-state index is 13.1. The number of fused-ring (bicyclic) bond motifs is 1. The molecule has 6 heteroatoms. The SMILES string of the molecule is O=C1NCc2c1cc(N1CCCC1)cc2C(F)(F)F. The van der Waals surface area contributed by atoms with E-state index in [1.807, 2.05) is 4.90 Å². The molecule has 2 aliphatic rings. The Balaban J connectivity index is 2.13. The first-order valence-electron chi connectivity index (χ1n) is 6.24. The normalized spacial score (nSPS) is 18.7. The largest absolute Gasteiger partial charge is 0.416 e. The van der Waals surface area contributed by atoms with Crippen molar-refractivity contribution in [2.45, 2.75) is 25.6 Å². The predicted molar refractivity (Wildman–Crippen MR) is 64.1 cm³/mol. The van der Waals surface area contributed by atoms with Crippen molar-refractivity contribution in [2.24, 2.45) is 0 Å². The van der Waals surface area contributed by atoms with Crippen molar-refractivity contribution in [3.05, 3.63) is 28.8 Å². The molecule has 0 aromatic heterocycles. The molecule has 1 fully saturated rings. The molecule has 1 aromatic carbocycles. The van der Waals surface area contributed by atoms with Gasteiger partial charge in [0, 0.05) is 30.9 Å². The minimum atomic E-state index is -4.42. The van der Waals surface area contributed by atoms with Crippen LogP contribution in [-0.2, 0) is 12.7 Å². The van der Waals surface area contributed by atoms with Crippen LogP contribution in [0, 0.1) is 0 Å². The summed E-state index contributed by atoms with van der Waals surface area (Å²) in [6.07, 6.45) is -2.47. The number of nitrogens with zero attached hydrogens (tertiary/aromatic N) is 1. The van der Waals surface area contributed by atoms with Crippen LogP contribution in [-0.4, -0.2) is 19.0 Å². The monoisotopic (exact) mass is 270 g/mol. The Morgan fingerprint density at radius 3 is 2.47 bits per heavy atom. The number of anilines is 1. The number of carbonyl (C=O) groups is 1. The van der Waals surface area contributed by atoms with Crippen LogP contribution < -0.4 is 10.2 Å². The highest BCUT2D eigenvalue weighted by atomic mass is 19.4. The van der Waals surface area contributed by atoms with Gasteiger partial charge in [-0.2, -0.15) is 13.2 Å². The van der Waals surface area contributed by atoms with Crippen molar-refractivity contribution in [1.82, 2.24) is 5.32 Å². The third-order valence-corrected chi connectivity index (χ3v) is 3.68. The van der Waals surface area contributed by atoms with E-state index in [0.717, 1.165) is 25.9 Å². The molecule has 1 aromatic rings. The fraction of sp³-hybridized carbons (Fsp3) is 0.462. The van der Waals surface area contributed by atoms with Gasteiger partial charge in [0.05, 0.1) is 5.56 Å². The number of hydrogen-bond donors (Lipinski definition) is 1. The first kappa shape index (κ1) is 12.3. The molecule has 0 atom stereocenters. The lowest BCUT2D eigenvalue weighted by atomic mass is 10.0. The maximum Gasteiger partial charge on any atom is 0.416 e. The van der Waals surface area contributed by atoms with E-state index < -0.39 is 17.6 Å². The molecule has 0 spiro atoms. The molecular formula is C13H13F3N2O. The Kier molecular flexibility index (Phi) is 2.69. The highest BCUT2D eigenvalue weighted by molar-refractivity contribution is 5.99. The summed E-state index contributed by atoms with van der Waals surface area (Å²) in [5, 5.41) is 2.46. The fourth-order valence-electron chi connectivity index (χ4n) is 2.72. The molecule has 2 aliphatic heterocycles. The average Bonchev–Trinajstić information content (AvgIpc) is 2.97. The van der Waals surface area contributed by atoms with Crippen LogP contribution in [0.1, 0.15) is 34.3 Å². The molecular weight excluding hydrogens is 257 g/mol. The molecule has 3 nitrogen and oxygen atoms in total. The van der Waals surface area contributed by atoms with Gasteiger partial charge in [-0.15, -0.1) is 0 Å². The number of nitrogens with one attached hydrogen (secondary N) is 1. The molecule has 3 rings (SSSR count). The van der Waals surface area contributed by atoms with Crippen LogP contribution >= 0.6 is 0 Å². The summed E-state index contributed by atoms with van der Waals surface area (Å²) < 4.78 is 39.2. The van der Waals surface area contributed by atoms with Crippen LogP contribution in [0.3, 0.4) is 0 Å². The molecule has 2 heterocycles. The van der Waals surface area contributed by atoms with E-state index in [2.05, 4.69) is 5.32 Å². The standard InChI is InChI=1S/C13H13F3N2O/c14-13(15,16)11-6-8(18-3-1-2-4-18)5-9-10(11)7-17-12(9)19/h5-6H,1-4,7H2,(H,17,19). The van der Waals surface area contributed by atoms with Gasteiger partial charge in [-0.25, -0.2) is 0 Å². The van der Waals surface area contributed by atoms with E-state index in [0.29, 0.717) is 5.69 Å². The number of hydrogen-bond acceptors (Lipinski definition) is 2. The second kappa shape index (κ2) is 4.15. The van der Waals surface area contributed by atoms with E-state index in [9.17, 15) is 18.0 Å². The minimum absolute atomic E-state index is 0.0384. The third-order valence-electron chi connectivity index (χ3n) is 3.68. The molecule has 0 unspecified atom stereocenters. The molecule has 0 aliphatic carbocycles. The van der Waals surface area contributed by atoms with Crippen LogP contribution in [0.5, 0.6) is 0 Å². The lowest BCUT2D eigenvalue weighted by molar-refractivity contribution is -0.138. The summed E-state index contributed by atoms with van der Waals surface area (Å²) in [4.78, 5) is 13.5. The zero-order valence-corrected chi connectivity index (χ0v) is 10.2. The first-order valence-corrected chi connectivity index (χ1v) is 6.24. The number of benzene rings is 1. The lowest BCUT2D eigenvalue weighted by Gasteiger charge is -2.21. The summed E-state index contributed by atoms with van der Waals surface area (Å²) in [5.41, 5.74) is 0.0445. The minimum Gasteiger partial charge on any atom is -0.372 e. The van der Waals surface area contributed by atoms with Gasteiger partial charge in [0.2, 0.25) is 0 Å². The molecule has 0 bridgehead atoms. The van der Waals surface area contributed by atoms with Crippen LogP contribution in [0.15, 0.2) is 12.1 Å². The van der Waals surface area contributed by atoms with Gasteiger partial charge >= 0.3 is 6.18 Å². The quantitative estimate of drug-likeness (QED) is 0.850. The molecule has 1 N–H and O–H groups in total. The highest BCUT2D eigenvalue weighted by Crippen LogP contribution is 2.38. The van der Waals surface area contributed by atoms with Crippen molar-refractivity contribution < 1.29 is 18.0 Å². The van der Waals surface area contributed by atoms with E-state index in [1.165, 1.54) is 6.07 Å². The number of rotatable bonds is 1. The Morgan fingerprint density at radius 1 is 1.16 bits per heavy atom. The Hall–Kier alpha value is -1.72. The van der Waals surface area contributed by atoms with Gasteiger partial charge in [0.25, 0.3) is 5.91 Å². The molecule has 102 valence electrons. The molecule has 19 heavy (non-hydrogen) atoms. The third kappa shape index (κ3) is 2.05. The number of carbonyl (C=O) groups excluding carboxylic acids is 1. The number of amides is 1. The Bertz CT molecular complexity index is 533. The first-order chi connectivity index (χ1) is 8.97. The van der Waals surface area contributed by atoms with Crippen LogP contribution in [0.2, 0.25) is 0 Å². The number of halogens is 3. The fourth-order valence-corrected chi connectivity index (χ4v) is 2.72. The average molecular weight is 270 g/mol. The molecule has 1 amide bonds. The van der Waals surface area contributed by atoms with Crippen molar-refractivity contribution in [2.75, 3.05) is 18.0 Å². The van der Waals surface area contributed by atoms with Gasteiger partial charge in [0.15, 0.2) is 0 Å². The van der Waals surface area contributed by atoms with Gasteiger partial charge in [-0.3, -0.25) is 4.79 Å². The Morgan fingerprint density at radius 2 is 1.84 bits per heavy atom. The smallest absolute Gasteiger partial charge is 0.372 e. The summed E-state index contributed by atoms with van der Waals surface area (Å²) in [6, 6.07) is 2.75. The second-order valence-corrected chi connectivity index (χ2v) is 4.89. The van der Waals surface area contributed by atoms with E-state index >= 15 is 0 Å². The van der Waals surface area contributed by atoms with Crippen molar-refractivity contribution in [1.29, 1.82) is 0 Å². The summed E-state index contributed by atoms with van der Waals surface area (Å²) in [6.45, 7) is 1.46.